The van der Waals surface area contributed by atoms with E-state index in [0.29, 0.717) is 16.0 Å². The number of aromatic nitrogens is 3. The van der Waals surface area contributed by atoms with Crippen LogP contribution in [0.2, 0.25) is 0 Å². The number of hydrogen-bond acceptors (Lipinski definition) is 4. The minimum Gasteiger partial charge on any atom is -0.258 e. The van der Waals surface area contributed by atoms with Gasteiger partial charge < -0.3 is 0 Å². The molecule has 0 aliphatic carbocycles. The van der Waals surface area contributed by atoms with E-state index in [4.69, 9.17) is 0 Å². The van der Waals surface area contributed by atoms with Crippen LogP contribution >= 0.6 is 15.9 Å². The van der Waals surface area contributed by atoms with Crippen LogP contribution in [0.1, 0.15) is 5.82 Å². The molecule has 0 saturated carbocycles. The second-order valence-corrected chi connectivity index (χ2v) is 3.98. The summed E-state index contributed by atoms with van der Waals surface area (Å²) >= 11 is 3.27. The first-order chi connectivity index (χ1) is 7.58. The summed E-state index contributed by atoms with van der Waals surface area (Å²) in [6.07, 6.45) is 1.56. The van der Waals surface area contributed by atoms with E-state index >= 15 is 0 Å². The van der Waals surface area contributed by atoms with Crippen LogP contribution in [0, 0.1) is 17.0 Å². The van der Waals surface area contributed by atoms with Gasteiger partial charge in [-0.25, -0.2) is 9.67 Å². The fourth-order valence-electron chi connectivity index (χ4n) is 1.26. The molecule has 1 heterocycles. The van der Waals surface area contributed by atoms with Crippen LogP contribution in [0.4, 0.5) is 5.69 Å². The Hall–Kier alpha value is -1.76. The lowest BCUT2D eigenvalue weighted by Gasteiger charge is -2.02. The normalized spacial score (nSPS) is 10.4. The fourth-order valence-corrected chi connectivity index (χ4v) is 1.81. The summed E-state index contributed by atoms with van der Waals surface area (Å²) in [6.45, 7) is 1.77. The zero-order chi connectivity index (χ0) is 11.7. The Morgan fingerprint density at radius 3 is 2.75 bits per heavy atom. The van der Waals surface area contributed by atoms with Gasteiger partial charge in [0.15, 0.2) is 0 Å². The molecule has 0 radical (unpaired) electrons. The Morgan fingerprint density at radius 2 is 2.25 bits per heavy atom. The van der Waals surface area contributed by atoms with Crippen molar-refractivity contribution in [2.24, 2.45) is 0 Å². The molecule has 1 aromatic carbocycles. The number of nitrogens with zero attached hydrogens (tertiary/aromatic N) is 4. The highest BCUT2D eigenvalue weighted by atomic mass is 79.9. The quantitative estimate of drug-likeness (QED) is 0.625. The summed E-state index contributed by atoms with van der Waals surface area (Å²) in [5, 5.41) is 14.7. The Labute approximate surface area is 99.2 Å². The van der Waals surface area contributed by atoms with Crippen LogP contribution in [0.5, 0.6) is 0 Å². The predicted octanol–water partition coefficient (Wildman–Crippen LogP) is 2.25. The molecular weight excluding hydrogens is 276 g/mol. The van der Waals surface area contributed by atoms with Crippen molar-refractivity contribution in [2.45, 2.75) is 6.92 Å². The molecule has 6 nitrogen and oxygen atoms in total. The zero-order valence-electron chi connectivity index (χ0n) is 8.29. The van der Waals surface area contributed by atoms with Gasteiger partial charge in [-0.1, -0.05) is 0 Å². The van der Waals surface area contributed by atoms with Crippen molar-refractivity contribution >= 4 is 21.6 Å². The van der Waals surface area contributed by atoms with Crippen molar-refractivity contribution in [1.82, 2.24) is 14.8 Å². The molecule has 1 aromatic heterocycles. The van der Waals surface area contributed by atoms with Crippen LogP contribution in [0.3, 0.4) is 0 Å². The first kappa shape index (κ1) is 10.7. The summed E-state index contributed by atoms with van der Waals surface area (Å²) < 4.78 is 2.16. The van der Waals surface area contributed by atoms with Gasteiger partial charge in [-0.15, -0.1) is 0 Å². The first-order valence-electron chi connectivity index (χ1n) is 4.40. The number of nitro groups is 1. The van der Waals surface area contributed by atoms with Gasteiger partial charge in [0.25, 0.3) is 5.69 Å². The maximum absolute atomic E-state index is 10.6. The molecule has 0 amide bonds. The predicted molar refractivity (Wildman–Crippen MR) is 60.5 cm³/mol. The van der Waals surface area contributed by atoms with Gasteiger partial charge in [-0.05, 0) is 28.9 Å². The maximum atomic E-state index is 10.6. The molecule has 0 unspecified atom stereocenters. The smallest absolute Gasteiger partial charge is 0.258 e. The molecule has 0 aliphatic rings. The highest BCUT2D eigenvalue weighted by molar-refractivity contribution is 9.10. The Morgan fingerprint density at radius 1 is 1.50 bits per heavy atom. The standard InChI is InChI=1S/C9H7BrN4O2/c1-6-11-5-13(12-6)9-3-2-7(14(15)16)4-8(9)10/h2-5H,1H3. The summed E-state index contributed by atoms with van der Waals surface area (Å²) in [5.41, 5.74) is 0.749. The first-order valence-corrected chi connectivity index (χ1v) is 5.20. The van der Waals surface area contributed by atoms with Gasteiger partial charge in [0, 0.05) is 12.1 Å². The van der Waals surface area contributed by atoms with Crippen LogP contribution in [-0.4, -0.2) is 19.7 Å². The number of benzene rings is 1. The summed E-state index contributed by atoms with van der Waals surface area (Å²) in [7, 11) is 0. The Balaban J connectivity index is 2.47. The second kappa shape index (κ2) is 4.01. The van der Waals surface area contributed by atoms with Crippen LogP contribution < -0.4 is 0 Å². The van der Waals surface area contributed by atoms with Crippen molar-refractivity contribution < 1.29 is 4.92 Å². The SMILES string of the molecule is Cc1ncn(-c2ccc([N+](=O)[O-])cc2Br)n1. The minimum atomic E-state index is -0.443. The molecule has 0 aliphatic heterocycles. The van der Waals surface area contributed by atoms with E-state index in [0.717, 1.165) is 0 Å². The highest BCUT2D eigenvalue weighted by Gasteiger charge is 2.10. The van der Waals surface area contributed by atoms with E-state index in [1.165, 1.54) is 12.1 Å². The molecule has 0 atom stereocenters. The summed E-state index contributed by atoms with van der Waals surface area (Å²) in [5.74, 6) is 0.644. The van der Waals surface area contributed by atoms with Gasteiger partial charge in [0.2, 0.25) is 0 Å². The van der Waals surface area contributed by atoms with Crippen LogP contribution in [-0.2, 0) is 0 Å². The van der Waals surface area contributed by atoms with Gasteiger partial charge in [0.05, 0.1) is 15.1 Å². The van der Waals surface area contributed by atoms with Crippen LogP contribution in [0.25, 0.3) is 5.69 Å². The average Bonchev–Trinajstić information content (AvgIpc) is 2.64. The molecule has 0 bridgehead atoms. The minimum absolute atomic E-state index is 0.0347. The molecular formula is C9H7BrN4O2. The number of nitro benzene ring substituents is 1. The lowest BCUT2D eigenvalue weighted by molar-refractivity contribution is -0.384. The molecule has 0 fully saturated rings. The van der Waals surface area contributed by atoms with Crippen molar-refractivity contribution in [3.05, 3.63) is 44.9 Å². The van der Waals surface area contributed by atoms with E-state index < -0.39 is 4.92 Å². The Kier molecular flexibility index (Phi) is 2.69. The van der Waals surface area contributed by atoms with Crippen molar-refractivity contribution in [2.75, 3.05) is 0 Å². The third-order valence-corrected chi connectivity index (χ3v) is 2.63. The number of halogens is 1. The second-order valence-electron chi connectivity index (χ2n) is 3.13. The molecule has 0 N–H and O–H groups in total. The zero-order valence-corrected chi connectivity index (χ0v) is 9.88. The van der Waals surface area contributed by atoms with Gasteiger partial charge in [-0.3, -0.25) is 10.1 Å². The van der Waals surface area contributed by atoms with E-state index in [-0.39, 0.29) is 5.69 Å². The number of non-ortho nitro benzene ring substituents is 1. The highest BCUT2D eigenvalue weighted by Crippen LogP contribution is 2.25. The maximum Gasteiger partial charge on any atom is 0.270 e. The van der Waals surface area contributed by atoms with Gasteiger partial charge in [0.1, 0.15) is 12.2 Å². The summed E-state index contributed by atoms with van der Waals surface area (Å²) in [4.78, 5) is 14.1. The monoisotopic (exact) mass is 282 g/mol. The average molecular weight is 283 g/mol. The van der Waals surface area contributed by atoms with Gasteiger partial charge >= 0.3 is 0 Å². The topological polar surface area (TPSA) is 73.8 Å². The molecule has 2 aromatic rings. The molecule has 7 heteroatoms. The number of rotatable bonds is 2. The van der Waals surface area contributed by atoms with E-state index in [9.17, 15) is 10.1 Å². The fraction of sp³-hybridized carbons (Fsp3) is 0.111. The van der Waals surface area contributed by atoms with Crippen molar-refractivity contribution in [3.63, 3.8) is 0 Å². The lowest BCUT2D eigenvalue weighted by Crippen LogP contribution is -1.97. The third kappa shape index (κ3) is 1.94. The Bertz CT molecular complexity index is 552. The number of hydrogen-bond donors (Lipinski definition) is 0. The van der Waals surface area contributed by atoms with E-state index in [2.05, 4.69) is 26.0 Å². The van der Waals surface area contributed by atoms with Crippen LogP contribution in [0.15, 0.2) is 29.0 Å². The molecule has 16 heavy (non-hydrogen) atoms. The molecule has 0 saturated heterocycles. The van der Waals surface area contributed by atoms with Crippen molar-refractivity contribution in [1.29, 1.82) is 0 Å². The lowest BCUT2D eigenvalue weighted by atomic mass is 10.3. The summed E-state index contributed by atoms with van der Waals surface area (Å²) in [6, 6.07) is 4.49. The molecule has 82 valence electrons. The van der Waals surface area contributed by atoms with E-state index in [1.54, 1.807) is 24.0 Å². The van der Waals surface area contributed by atoms with E-state index in [1.807, 2.05) is 0 Å². The molecule has 2 rings (SSSR count). The largest absolute Gasteiger partial charge is 0.270 e. The van der Waals surface area contributed by atoms with Gasteiger partial charge in [-0.2, -0.15) is 5.10 Å². The van der Waals surface area contributed by atoms with Crippen molar-refractivity contribution in [3.8, 4) is 5.69 Å². The molecule has 0 spiro atoms. The number of aryl methyl sites for hydroxylation is 1. The third-order valence-electron chi connectivity index (χ3n) is 2.00.